The lowest BCUT2D eigenvalue weighted by Crippen LogP contribution is -2.10. The zero-order chi connectivity index (χ0) is 12.3. The Morgan fingerprint density at radius 2 is 2.18 bits per heavy atom. The minimum atomic E-state index is 0.296. The van der Waals surface area contributed by atoms with Crippen molar-refractivity contribution in [3.63, 3.8) is 0 Å². The molecule has 0 aromatic carbocycles. The van der Waals surface area contributed by atoms with Crippen LogP contribution in [0.3, 0.4) is 0 Å². The predicted molar refractivity (Wildman–Crippen MR) is 67.2 cm³/mol. The van der Waals surface area contributed by atoms with Crippen LogP contribution in [0.4, 0.5) is 0 Å². The van der Waals surface area contributed by atoms with Crippen LogP contribution in [0.25, 0.3) is 10.7 Å². The molecule has 0 aliphatic carbocycles. The lowest BCUT2D eigenvalue weighted by molar-refractivity contribution is 0.397. The molecule has 0 amide bonds. The van der Waals surface area contributed by atoms with E-state index in [1.54, 1.807) is 24.5 Å². The summed E-state index contributed by atoms with van der Waals surface area (Å²) < 4.78 is 5.07. The molecule has 6 heteroatoms. The molecule has 0 spiro atoms. The van der Waals surface area contributed by atoms with Gasteiger partial charge in [-0.05, 0) is 14.0 Å². The Hall–Kier alpha value is -1.53. The monoisotopic (exact) mass is 250 g/mol. The van der Waals surface area contributed by atoms with E-state index in [0.717, 1.165) is 10.7 Å². The number of hydrogen-bond acceptors (Lipinski definition) is 6. The molecule has 1 atom stereocenters. The molecule has 90 valence electrons. The normalized spacial score (nSPS) is 12.4. The van der Waals surface area contributed by atoms with Crippen LogP contribution in [-0.2, 0) is 0 Å². The average molecular weight is 250 g/mol. The third kappa shape index (κ3) is 2.59. The van der Waals surface area contributed by atoms with Crippen molar-refractivity contribution in [2.75, 3.05) is 14.2 Å². The standard InChI is InChI=1S/C11H14N4OS/c1-7(12-2)9-5-13-11(17-9)8-4-10(16-3)15-6-14-8/h4-7,12H,1-3H3. The highest BCUT2D eigenvalue weighted by Crippen LogP contribution is 2.28. The quantitative estimate of drug-likeness (QED) is 0.898. The Morgan fingerprint density at radius 3 is 2.88 bits per heavy atom. The second kappa shape index (κ2) is 5.20. The summed E-state index contributed by atoms with van der Waals surface area (Å²) in [6.07, 6.45) is 3.35. The van der Waals surface area contributed by atoms with Gasteiger partial charge in [0.25, 0.3) is 0 Å². The van der Waals surface area contributed by atoms with Crippen LogP contribution < -0.4 is 10.1 Å². The number of hydrogen-bond donors (Lipinski definition) is 1. The summed E-state index contributed by atoms with van der Waals surface area (Å²) in [4.78, 5) is 13.7. The van der Waals surface area contributed by atoms with Gasteiger partial charge in [0, 0.05) is 23.2 Å². The van der Waals surface area contributed by atoms with E-state index in [9.17, 15) is 0 Å². The van der Waals surface area contributed by atoms with E-state index >= 15 is 0 Å². The molecule has 1 N–H and O–H groups in total. The molecular formula is C11H14N4OS. The van der Waals surface area contributed by atoms with Crippen LogP contribution in [-0.4, -0.2) is 29.1 Å². The van der Waals surface area contributed by atoms with Crippen molar-refractivity contribution in [1.82, 2.24) is 20.3 Å². The highest BCUT2D eigenvalue weighted by molar-refractivity contribution is 7.15. The number of ether oxygens (including phenoxy) is 1. The van der Waals surface area contributed by atoms with Crippen LogP contribution in [0.2, 0.25) is 0 Å². The molecule has 0 fully saturated rings. The molecule has 2 rings (SSSR count). The molecule has 2 aromatic heterocycles. The number of nitrogens with zero attached hydrogens (tertiary/aromatic N) is 3. The van der Waals surface area contributed by atoms with Crippen molar-refractivity contribution in [2.24, 2.45) is 0 Å². The van der Waals surface area contributed by atoms with Crippen LogP contribution in [0.5, 0.6) is 5.88 Å². The van der Waals surface area contributed by atoms with Crippen LogP contribution >= 0.6 is 11.3 Å². The summed E-state index contributed by atoms with van der Waals surface area (Å²) in [6.45, 7) is 2.10. The van der Waals surface area contributed by atoms with Gasteiger partial charge in [-0.15, -0.1) is 11.3 Å². The molecule has 0 aliphatic heterocycles. The Morgan fingerprint density at radius 1 is 1.35 bits per heavy atom. The first-order chi connectivity index (χ1) is 8.24. The van der Waals surface area contributed by atoms with E-state index in [1.165, 1.54) is 11.2 Å². The number of thiazole rings is 1. The van der Waals surface area contributed by atoms with E-state index in [0.29, 0.717) is 11.9 Å². The summed E-state index contributed by atoms with van der Waals surface area (Å²) in [5.41, 5.74) is 0.788. The molecule has 2 aromatic rings. The maximum absolute atomic E-state index is 5.07. The van der Waals surface area contributed by atoms with Crippen molar-refractivity contribution in [3.05, 3.63) is 23.5 Å². The number of methoxy groups -OCH3 is 1. The van der Waals surface area contributed by atoms with Crippen LogP contribution in [0, 0.1) is 0 Å². The molecule has 2 heterocycles. The van der Waals surface area contributed by atoms with Crippen molar-refractivity contribution in [1.29, 1.82) is 0 Å². The molecule has 0 saturated carbocycles. The summed E-state index contributed by atoms with van der Waals surface area (Å²) in [7, 11) is 3.51. The van der Waals surface area contributed by atoms with E-state index < -0.39 is 0 Å². The van der Waals surface area contributed by atoms with Gasteiger partial charge >= 0.3 is 0 Å². The van der Waals surface area contributed by atoms with Gasteiger partial charge in [-0.3, -0.25) is 0 Å². The van der Waals surface area contributed by atoms with E-state index in [2.05, 4.69) is 27.2 Å². The minimum Gasteiger partial charge on any atom is -0.481 e. The second-order valence-electron chi connectivity index (χ2n) is 3.52. The fourth-order valence-electron chi connectivity index (χ4n) is 1.32. The van der Waals surface area contributed by atoms with Gasteiger partial charge in [0.2, 0.25) is 5.88 Å². The Labute approximate surface area is 104 Å². The van der Waals surface area contributed by atoms with Gasteiger partial charge < -0.3 is 10.1 Å². The minimum absolute atomic E-state index is 0.296. The fraction of sp³-hybridized carbons (Fsp3) is 0.364. The van der Waals surface area contributed by atoms with Gasteiger partial charge in [0.15, 0.2) is 0 Å². The SMILES string of the molecule is CNC(C)c1cnc(-c2cc(OC)ncn2)s1. The Bertz CT molecular complexity index is 500. The maximum Gasteiger partial charge on any atom is 0.216 e. The third-order valence-corrected chi connectivity index (χ3v) is 3.66. The molecule has 5 nitrogen and oxygen atoms in total. The molecule has 0 aliphatic rings. The third-order valence-electron chi connectivity index (χ3n) is 2.45. The van der Waals surface area contributed by atoms with Gasteiger partial charge in [0.1, 0.15) is 17.0 Å². The van der Waals surface area contributed by atoms with Crippen molar-refractivity contribution in [3.8, 4) is 16.6 Å². The zero-order valence-electron chi connectivity index (χ0n) is 9.97. The molecule has 17 heavy (non-hydrogen) atoms. The lowest BCUT2D eigenvalue weighted by atomic mass is 10.3. The van der Waals surface area contributed by atoms with Gasteiger partial charge in [-0.25, -0.2) is 15.0 Å². The van der Waals surface area contributed by atoms with Crippen molar-refractivity contribution >= 4 is 11.3 Å². The summed E-state index contributed by atoms with van der Waals surface area (Å²) >= 11 is 1.62. The first-order valence-electron chi connectivity index (χ1n) is 5.24. The Kier molecular flexibility index (Phi) is 3.65. The Balaban J connectivity index is 2.30. The predicted octanol–water partition coefficient (Wildman–Crippen LogP) is 1.89. The van der Waals surface area contributed by atoms with Crippen LogP contribution in [0.1, 0.15) is 17.8 Å². The summed E-state index contributed by atoms with van der Waals surface area (Å²) in [6, 6.07) is 2.08. The van der Waals surface area contributed by atoms with E-state index in [1.807, 2.05) is 13.2 Å². The van der Waals surface area contributed by atoms with Gasteiger partial charge in [0.05, 0.1) is 7.11 Å². The number of nitrogens with one attached hydrogen (secondary N) is 1. The highest BCUT2D eigenvalue weighted by atomic mass is 32.1. The smallest absolute Gasteiger partial charge is 0.216 e. The summed E-state index contributed by atoms with van der Waals surface area (Å²) in [5, 5.41) is 4.06. The first-order valence-corrected chi connectivity index (χ1v) is 6.05. The van der Waals surface area contributed by atoms with Gasteiger partial charge in [-0.1, -0.05) is 0 Å². The molecule has 0 bridgehead atoms. The lowest BCUT2D eigenvalue weighted by Gasteiger charge is -2.04. The van der Waals surface area contributed by atoms with Crippen LogP contribution in [0.15, 0.2) is 18.6 Å². The number of aromatic nitrogens is 3. The first kappa shape index (κ1) is 11.9. The van der Waals surface area contributed by atoms with Crippen molar-refractivity contribution < 1.29 is 4.74 Å². The fourth-order valence-corrected chi connectivity index (χ4v) is 2.26. The zero-order valence-corrected chi connectivity index (χ0v) is 10.8. The summed E-state index contributed by atoms with van der Waals surface area (Å²) in [5.74, 6) is 0.549. The number of rotatable bonds is 4. The van der Waals surface area contributed by atoms with E-state index in [4.69, 9.17) is 4.74 Å². The van der Waals surface area contributed by atoms with E-state index in [-0.39, 0.29) is 0 Å². The largest absolute Gasteiger partial charge is 0.481 e. The van der Waals surface area contributed by atoms with Gasteiger partial charge in [-0.2, -0.15) is 0 Å². The molecule has 0 saturated heterocycles. The average Bonchev–Trinajstić information content (AvgIpc) is 2.87. The molecule has 1 unspecified atom stereocenters. The molecule has 0 radical (unpaired) electrons. The highest BCUT2D eigenvalue weighted by Gasteiger charge is 2.11. The van der Waals surface area contributed by atoms with Crippen molar-refractivity contribution in [2.45, 2.75) is 13.0 Å². The topological polar surface area (TPSA) is 59.9 Å². The second-order valence-corrected chi connectivity index (χ2v) is 4.59. The molecular weight excluding hydrogens is 236 g/mol. The maximum atomic E-state index is 5.07.